The maximum Gasteiger partial charge on any atom is 0.222 e. The zero-order chi connectivity index (χ0) is 15.2. The molecular weight excluding hydrogens is 268 g/mol. The number of nitrogens with zero attached hydrogens (tertiary/aromatic N) is 3. The molecule has 1 saturated heterocycles. The van der Waals surface area contributed by atoms with E-state index in [1.165, 1.54) is 0 Å². The van der Waals surface area contributed by atoms with E-state index in [-0.39, 0.29) is 5.91 Å². The van der Waals surface area contributed by atoms with Gasteiger partial charge in [0.05, 0.1) is 19.4 Å². The quantitative estimate of drug-likeness (QED) is 0.856. The molecule has 0 spiro atoms. The lowest BCUT2D eigenvalue weighted by molar-refractivity contribution is -0.130. The molecule has 0 aromatic carbocycles. The van der Waals surface area contributed by atoms with Crippen LogP contribution in [0.2, 0.25) is 0 Å². The number of carbonyl (C=O) groups excluding carboxylic acids is 1. The van der Waals surface area contributed by atoms with Crippen LogP contribution in [0.3, 0.4) is 0 Å². The molecule has 2 heterocycles. The van der Waals surface area contributed by atoms with Crippen LogP contribution in [0.15, 0.2) is 6.20 Å². The highest BCUT2D eigenvalue weighted by molar-refractivity contribution is 5.75. The van der Waals surface area contributed by atoms with Crippen molar-refractivity contribution in [1.29, 1.82) is 0 Å². The fourth-order valence-corrected chi connectivity index (χ4v) is 2.60. The molecule has 0 radical (unpaired) electrons. The average Bonchev–Trinajstić information content (AvgIpc) is 2.90. The van der Waals surface area contributed by atoms with Crippen molar-refractivity contribution in [3.63, 3.8) is 0 Å². The van der Waals surface area contributed by atoms with Gasteiger partial charge in [0.15, 0.2) is 0 Å². The minimum absolute atomic E-state index is 0.190. The SMILES string of the molecule is Cc1[nH]ncc1CN(C)C(=O)CCC(C)N1CCOCC1. The van der Waals surface area contributed by atoms with Gasteiger partial charge in [0.2, 0.25) is 5.91 Å². The van der Waals surface area contributed by atoms with Crippen LogP contribution in [0.1, 0.15) is 31.0 Å². The Labute approximate surface area is 126 Å². The van der Waals surface area contributed by atoms with Gasteiger partial charge in [0.25, 0.3) is 0 Å². The summed E-state index contributed by atoms with van der Waals surface area (Å²) < 4.78 is 5.36. The summed E-state index contributed by atoms with van der Waals surface area (Å²) in [5, 5.41) is 6.89. The van der Waals surface area contributed by atoms with Crippen LogP contribution in [0.4, 0.5) is 0 Å². The highest BCUT2D eigenvalue weighted by Crippen LogP contribution is 2.12. The number of aromatic amines is 1. The van der Waals surface area contributed by atoms with E-state index in [9.17, 15) is 4.79 Å². The number of ether oxygens (including phenoxy) is 1. The second-order valence-corrected chi connectivity index (χ2v) is 5.81. The molecule has 1 fully saturated rings. The number of carbonyl (C=O) groups is 1. The first kappa shape index (κ1) is 16.0. The lowest BCUT2D eigenvalue weighted by atomic mass is 10.1. The standard InChI is InChI=1S/C15H26N4O2/c1-12(19-6-8-21-9-7-19)4-5-15(20)18(3)11-14-10-16-17-13(14)2/h10,12H,4-9,11H2,1-3H3,(H,16,17). The molecule has 0 saturated carbocycles. The molecule has 1 aliphatic rings. The van der Waals surface area contributed by atoms with Crippen molar-refractivity contribution < 1.29 is 9.53 Å². The van der Waals surface area contributed by atoms with Crippen molar-refractivity contribution in [1.82, 2.24) is 20.0 Å². The third kappa shape index (κ3) is 4.54. The molecule has 6 nitrogen and oxygen atoms in total. The molecule has 1 unspecified atom stereocenters. The first-order valence-electron chi connectivity index (χ1n) is 7.62. The topological polar surface area (TPSA) is 61.5 Å². The monoisotopic (exact) mass is 294 g/mol. The molecule has 1 aliphatic heterocycles. The molecule has 21 heavy (non-hydrogen) atoms. The number of nitrogens with one attached hydrogen (secondary N) is 1. The highest BCUT2D eigenvalue weighted by atomic mass is 16.5. The Kier molecular flexibility index (Phi) is 5.76. The summed E-state index contributed by atoms with van der Waals surface area (Å²) in [5.41, 5.74) is 2.10. The second-order valence-electron chi connectivity index (χ2n) is 5.81. The zero-order valence-electron chi connectivity index (χ0n) is 13.3. The van der Waals surface area contributed by atoms with Gasteiger partial charge in [0, 0.05) is 50.4 Å². The third-order valence-corrected chi connectivity index (χ3v) is 4.21. The van der Waals surface area contributed by atoms with E-state index in [0.717, 1.165) is 44.0 Å². The molecule has 118 valence electrons. The number of aryl methyl sites for hydroxylation is 1. The molecule has 1 aromatic heterocycles. The number of H-pyrrole nitrogens is 1. The molecule has 0 bridgehead atoms. The minimum atomic E-state index is 0.190. The van der Waals surface area contributed by atoms with Gasteiger partial charge in [-0.15, -0.1) is 0 Å². The number of amides is 1. The Bertz CT molecular complexity index is 454. The van der Waals surface area contributed by atoms with Crippen molar-refractivity contribution in [3.8, 4) is 0 Å². The maximum atomic E-state index is 12.2. The summed E-state index contributed by atoms with van der Waals surface area (Å²) in [4.78, 5) is 16.4. The smallest absolute Gasteiger partial charge is 0.222 e. The van der Waals surface area contributed by atoms with Crippen molar-refractivity contribution >= 4 is 5.91 Å². The Morgan fingerprint density at radius 2 is 2.24 bits per heavy atom. The van der Waals surface area contributed by atoms with Crippen LogP contribution in [-0.4, -0.2) is 65.3 Å². The number of rotatable bonds is 6. The van der Waals surface area contributed by atoms with E-state index >= 15 is 0 Å². The van der Waals surface area contributed by atoms with Gasteiger partial charge in [-0.25, -0.2) is 0 Å². The van der Waals surface area contributed by atoms with Crippen molar-refractivity contribution in [2.24, 2.45) is 0 Å². The number of aromatic nitrogens is 2. The van der Waals surface area contributed by atoms with Gasteiger partial charge in [-0.05, 0) is 20.3 Å². The molecular formula is C15H26N4O2. The van der Waals surface area contributed by atoms with E-state index in [1.54, 1.807) is 11.1 Å². The van der Waals surface area contributed by atoms with Crippen LogP contribution >= 0.6 is 0 Å². The number of hydrogen-bond donors (Lipinski definition) is 1. The normalized spacial score (nSPS) is 17.7. The van der Waals surface area contributed by atoms with Crippen LogP contribution < -0.4 is 0 Å². The Hall–Kier alpha value is -1.40. The van der Waals surface area contributed by atoms with E-state index in [1.807, 2.05) is 14.0 Å². The zero-order valence-corrected chi connectivity index (χ0v) is 13.3. The highest BCUT2D eigenvalue weighted by Gasteiger charge is 2.19. The lowest BCUT2D eigenvalue weighted by Gasteiger charge is -2.32. The van der Waals surface area contributed by atoms with Gasteiger partial charge < -0.3 is 9.64 Å². The number of hydrogen-bond acceptors (Lipinski definition) is 4. The molecule has 2 rings (SSSR count). The third-order valence-electron chi connectivity index (χ3n) is 4.21. The molecule has 1 amide bonds. The summed E-state index contributed by atoms with van der Waals surface area (Å²) in [6.45, 7) is 8.34. The van der Waals surface area contributed by atoms with Gasteiger partial charge in [-0.1, -0.05) is 0 Å². The van der Waals surface area contributed by atoms with E-state index < -0.39 is 0 Å². The Morgan fingerprint density at radius 1 is 1.52 bits per heavy atom. The van der Waals surface area contributed by atoms with Crippen LogP contribution in [-0.2, 0) is 16.1 Å². The molecule has 1 N–H and O–H groups in total. The molecule has 6 heteroatoms. The largest absolute Gasteiger partial charge is 0.379 e. The van der Waals surface area contributed by atoms with E-state index in [0.29, 0.717) is 19.0 Å². The van der Waals surface area contributed by atoms with Gasteiger partial charge >= 0.3 is 0 Å². The fraction of sp³-hybridized carbons (Fsp3) is 0.733. The average molecular weight is 294 g/mol. The van der Waals surface area contributed by atoms with Crippen molar-refractivity contribution in [2.75, 3.05) is 33.4 Å². The van der Waals surface area contributed by atoms with Crippen LogP contribution in [0.25, 0.3) is 0 Å². The van der Waals surface area contributed by atoms with Gasteiger partial charge in [0.1, 0.15) is 0 Å². The van der Waals surface area contributed by atoms with E-state index in [4.69, 9.17) is 4.74 Å². The summed E-state index contributed by atoms with van der Waals surface area (Å²) in [5.74, 6) is 0.190. The first-order valence-corrected chi connectivity index (χ1v) is 7.62. The van der Waals surface area contributed by atoms with Crippen molar-refractivity contribution in [3.05, 3.63) is 17.5 Å². The summed E-state index contributed by atoms with van der Waals surface area (Å²) >= 11 is 0. The maximum absolute atomic E-state index is 12.2. The van der Waals surface area contributed by atoms with Gasteiger partial charge in [-0.2, -0.15) is 5.10 Å². The van der Waals surface area contributed by atoms with Gasteiger partial charge in [-0.3, -0.25) is 14.8 Å². The number of morpholine rings is 1. The fourth-order valence-electron chi connectivity index (χ4n) is 2.60. The molecule has 1 aromatic rings. The Morgan fingerprint density at radius 3 is 2.86 bits per heavy atom. The summed E-state index contributed by atoms with van der Waals surface area (Å²) in [7, 11) is 1.86. The summed E-state index contributed by atoms with van der Waals surface area (Å²) in [6, 6.07) is 0.432. The molecule has 1 atom stereocenters. The summed E-state index contributed by atoms with van der Waals surface area (Å²) in [6.07, 6.45) is 3.27. The second kappa shape index (κ2) is 7.56. The first-order chi connectivity index (χ1) is 10.1. The van der Waals surface area contributed by atoms with Crippen LogP contribution in [0.5, 0.6) is 0 Å². The predicted octanol–water partition coefficient (Wildman–Crippen LogP) is 1.18. The Balaban J connectivity index is 1.74. The minimum Gasteiger partial charge on any atom is -0.379 e. The van der Waals surface area contributed by atoms with Crippen LogP contribution in [0, 0.1) is 6.92 Å². The predicted molar refractivity (Wildman–Crippen MR) is 80.9 cm³/mol. The van der Waals surface area contributed by atoms with Crippen molar-refractivity contribution in [2.45, 2.75) is 39.3 Å². The lowest BCUT2D eigenvalue weighted by Crippen LogP contribution is -2.42. The molecule has 0 aliphatic carbocycles. The van der Waals surface area contributed by atoms with E-state index in [2.05, 4.69) is 22.0 Å².